The highest BCUT2D eigenvalue weighted by Gasteiger charge is 2.27. The molecule has 0 spiro atoms. The molecule has 5 heteroatoms. The standard InChI is InChI=1S/C28H35NO3S/c1-28(2,3)26(30)13-16-29-14-11-19(12-15-29)27-21-7-6-8-24(32-5)23(21)18-33-25-10-9-20(31-4)17-22(25)27/h6-10,17H,11-16,18H2,1-5H3. The molecule has 2 heterocycles. The van der Waals surface area contributed by atoms with Gasteiger partial charge in [0.25, 0.3) is 0 Å². The number of methoxy groups -OCH3 is 2. The van der Waals surface area contributed by atoms with Gasteiger partial charge in [-0.1, -0.05) is 38.5 Å². The third-order valence-corrected chi connectivity index (χ3v) is 7.86. The predicted molar refractivity (Wildman–Crippen MR) is 136 cm³/mol. The summed E-state index contributed by atoms with van der Waals surface area (Å²) in [6.07, 6.45) is 2.65. The van der Waals surface area contributed by atoms with E-state index in [-0.39, 0.29) is 5.41 Å². The third-order valence-electron chi connectivity index (χ3n) is 6.76. The van der Waals surface area contributed by atoms with Crippen LogP contribution in [-0.4, -0.2) is 44.5 Å². The average molecular weight is 466 g/mol. The molecule has 0 atom stereocenters. The smallest absolute Gasteiger partial charge is 0.139 e. The molecule has 0 radical (unpaired) electrons. The molecule has 0 aliphatic carbocycles. The number of carbonyl (C=O) groups is 1. The molecule has 4 rings (SSSR count). The van der Waals surface area contributed by atoms with Crippen LogP contribution in [-0.2, 0) is 10.5 Å². The van der Waals surface area contributed by atoms with Crippen LogP contribution in [0.5, 0.6) is 11.5 Å². The maximum absolute atomic E-state index is 12.4. The Morgan fingerprint density at radius 2 is 1.79 bits per heavy atom. The topological polar surface area (TPSA) is 38.8 Å². The van der Waals surface area contributed by atoms with Crippen LogP contribution in [0, 0.1) is 5.41 Å². The van der Waals surface area contributed by atoms with E-state index in [4.69, 9.17) is 9.47 Å². The van der Waals surface area contributed by atoms with Gasteiger partial charge in [-0.15, -0.1) is 11.8 Å². The lowest BCUT2D eigenvalue weighted by Crippen LogP contribution is -2.34. The zero-order valence-corrected chi connectivity index (χ0v) is 21.3. The van der Waals surface area contributed by atoms with Crippen molar-refractivity contribution < 1.29 is 14.3 Å². The van der Waals surface area contributed by atoms with E-state index >= 15 is 0 Å². The Kier molecular flexibility index (Phi) is 7.20. The highest BCUT2D eigenvalue weighted by atomic mass is 32.2. The molecule has 2 aliphatic rings. The fraction of sp³-hybridized carbons (Fsp3) is 0.464. The van der Waals surface area contributed by atoms with E-state index in [1.807, 2.05) is 32.5 Å². The van der Waals surface area contributed by atoms with Crippen LogP contribution < -0.4 is 9.47 Å². The Labute approximate surface area is 202 Å². The molecule has 0 aromatic heterocycles. The fourth-order valence-corrected chi connectivity index (χ4v) is 5.78. The van der Waals surface area contributed by atoms with Crippen LogP contribution >= 0.6 is 11.8 Å². The Morgan fingerprint density at radius 1 is 1.03 bits per heavy atom. The number of carbonyl (C=O) groups excluding carboxylic acids is 1. The van der Waals surface area contributed by atoms with Crippen molar-refractivity contribution in [1.29, 1.82) is 0 Å². The highest BCUT2D eigenvalue weighted by Crippen LogP contribution is 2.46. The SMILES string of the molecule is COc1ccc2c(c1)C(=C1CCN(CCC(=O)C(C)(C)C)CC1)c1cccc(OC)c1CS2. The second-order valence-electron chi connectivity index (χ2n) is 9.88. The summed E-state index contributed by atoms with van der Waals surface area (Å²) in [7, 11) is 3.48. The maximum Gasteiger partial charge on any atom is 0.139 e. The summed E-state index contributed by atoms with van der Waals surface area (Å²) in [5.74, 6) is 3.07. The quantitative estimate of drug-likeness (QED) is 0.525. The van der Waals surface area contributed by atoms with Gasteiger partial charge in [-0.05, 0) is 53.8 Å². The van der Waals surface area contributed by atoms with Crippen molar-refractivity contribution >= 4 is 23.1 Å². The second kappa shape index (κ2) is 9.94. The van der Waals surface area contributed by atoms with E-state index in [2.05, 4.69) is 41.3 Å². The molecule has 2 aromatic carbocycles. The summed E-state index contributed by atoms with van der Waals surface area (Å²) in [4.78, 5) is 16.1. The van der Waals surface area contributed by atoms with Crippen LogP contribution in [0.15, 0.2) is 46.9 Å². The first-order valence-electron chi connectivity index (χ1n) is 11.8. The van der Waals surface area contributed by atoms with E-state index in [1.165, 1.54) is 32.7 Å². The number of Topliss-reactive ketones (excluding diaryl/α,β-unsaturated/α-hetero) is 1. The number of hydrogen-bond acceptors (Lipinski definition) is 5. The van der Waals surface area contributed by atoms with Gasteiger partial charge in [-0.3, -0.25) is 4.79 Å². The molecule has 0 N–H and O–H groups in total. The van der Waals surface area contributed by atoms with E-state index in [0.717, 1.165) is 49.7 Å². The number of thioether (sulfide) groups is 1. The molecule has 0 bridgehead atoms. The van der Waals surface area contributed by atoms with Crippen molar-refractivity contribution in [3.05, 3.63) is 58.7 Å². The lowest BCUT2D eigenvalue weighted by molar-refractivity contribution is -0.126. The second-order valence-corrected chi connectivity index (χ2v) is 10.9. The van der Waals surface area contributed by atoms with Gasteiger partial charge in [-0.2, -0.15) is 0 Å². The van der Waals surface area contributed by atoms with E-state index in [1.54, 1.807) is 14.2 Å². The molecule has 33 heavy (non-hydrogen) atoms. The number of piperidine rings is 1. The molecule has 1 fully saturated rings. The summed E-state index contributed by atoms with van der Waals surface area (Å²) in [6.45, 7) is 8.86. The fourth-order valence-electron chi connectivity index (χ4n) is 4.70. The van der Waals surface area contributed by atoms with E-state index in [9.17, 15) is 4.79 Å². The average Bonchev–Trinajstić information content (AvgIpc) is 2.98. The summed E-state index contributed by atoms with van der Waals surface area (Å²) < 4.78 is 11.3. The Bertz CT molecular complexity index is 1050. The first kappa shape index (κ1) is 23.9. The molecule has 2 aromatic rings. The first-order valence-corrected chi connectivity index (χ1v) is 12.8. The Balaban J connectivity index is 1.67. The molecule has 0 unspecified atom stereocenters. The van der Waals surface area contributed by atoms with Gasteiger partial charge >= 0.3 is 0 Å². The van der Waals surface area contributed by atoms with Crippen LogP contribution in [0.1, 0.15) is 56.7 Å². The maximum atomic E-state index is 12.4. The number of ether oxygens (including phenoxy) is 2. The van der Waals surface area contributed by atoms with Gasteiger partial charge in [0, 0.05) is 47.7 Å². The molecular weight excluding hydrogens is 430 g/mol. The minimum absolute atomic E-state index is 0.257. The summed E-state index contributed by atoms with van der Waals surface area (Å²) in [5.41, 5.74) is 6.37. The Morgan fingerprint density at radius 3 is 2.45 bits per heavy atom. The highest BCUT2D eigenvalue weighted by molar-refractivity contribution is 7.98. The third kappa shape index (κ3) is 5.15. The summed E-state index contributed by atoms with van der Waals surface area (Å²) >= 11 is 1.87. The normalized spacial score (nSPS) is 16.6. The van der Waals surface area contributed by atoms with Crippen molar-refractivity contribution in [3.8, 4) is 11.5 Å². The lowest BCUT2D eigenvalue weighted by Gasteiger charge is -2.31. The van der Waals surface area contributed by atoms with Crippen LogP contribution in [0.3, 0.4) is 0 Å². The minimum Gasteiger partial charge on any atom is -0.497 e. The number of hydrogen-bond donors (Lipinski definition) is 0. The van der Waals surface area contributed by atoms with E-state index in [0.29, 0.717) is 12.2 Å². The Hall–Kier alpha value is -2.24. The van der Waals surface area contributed by atoms with Crippen LogP contribution in [0.2, 0.25) is 0 Å². The van der Waals surface area contributed by atoms with E-state index < -0.39 is 0 Å². The van der Waals surface area contributed by atoms with Gasteiger partial charge < -0.3 is 14.4 Å². The molecule has 176 valence electrons. The number of benzene rings is 2. The molecule has 0 amide bonds. The number of ketones is 1. The van der Waals surface area contributed by atoms with Gasteiger partial charge in [0.15, 0.2) is 0 Å². The lowest BCUT2D eigenvalue weighted by atomic mass is 9.86. The van der Waals surface area contributed by atoms with Crippen molar-refractivity contribution in [2.45, 2.75) is 50.7 Å². The summed E-state index contributed by atoms with van der Waals surface area (Å²) in [5, 5.41) is 0. The molecule has 0 saturated carbocycles. The summed E-state index contributed by atoms with van der Waals surface area (Å²) in [6, 6.07) is 12.8. The number of nitrogens with zero attached hydrogens (tertiary/aromatic N) is 1. The monoisotopic (exact) mass is 465 g/mol. The molecule has 4 nitrogen and oxygen atoms in total. The predicted octanol–water partition coefficient (Wildman–Crippen LogP) is 6.21. The van der Waals surface area contributed by atoms with Gasteiger partial charge in [0.1, 0.15) is 17.3 Å². The molecule has 1 saturated heterocycles. The van der Waals surface area contributed by atoms with Crippen LogP contribution in [0.4, 0.5) is 0 Å². The minimum atomic E-state index is -0.257. The van der Waals surface area contributed by atoms with Gasteiger partial charge in [-0.25, -0.2) is 0 Å². The van der Waals surface area contributed by atoms with Crippen molar-refractivity contribution in [2.75, 3.05) is 33.9 Å². The number of likely N-dealkylation sites (tertiary alicyclic amines) is 1. The number of fused-ring (bicyclic) bond motifs is 2. The largest absolute Gasteiger partial charge is 0.497 e. The number of rotatable bonds is 5. The van der Waals surface area contributed by atoms with Crippen molar-refractivity contribution in [2.24, 2.45) is 5.41 Å². The zero-order valence-electron chi connectivity index (χ0n) is 20.5. The first-order chi connectivity index (χ1) is 15.8. The van der Waals surface area contributed by atoms with Crippen LogP contribution in [0.25, 0.3) is 5.57 Å². The van der Waals surface area contributed by atoms with Crippen molar-refractivity contribution in [1.82, 2.24) is 4.90 Å². The van der Waals surface area contributed by atoms with Gasteiger partial charge in [0.05, 0.1) is 14.2 Å². The molecule has 2 aliphatic heterocycles. The van der Waals surface area contributed by atoms with Crippen molar-refractivity contribution in [3.63, 3.8) is 0 Å². The van der Waals surface area contributed by atoms with Gasteiger partial charge in [0.2, 0.25) is 0 Å². The zero-order chi connectivity index (χ0) is 23.6. The molecular formula is C28H35NO3S.